The van der Waals surface area contributed by atoms with Gasteiger partial charge in [0.2, 0.25) is 5.91 Å². The van der Waals surface area contributed by atoms with Gasteiger partial charge in [-0.15, -0.1) is 0 Å². The van der Waals surface area contributed by atoms with Crippen LogP contribution in [-0.4, -0.2) is 53.3 Å². The van der Waals surface area contributed by atoms with E-state index in [1.165, 1.54) is 0 Å². The molecule has 0 saturated heterocycles. The molecular weight excluding hydrogens is 484 g/mol. The van der Waals surface area contributed by atoms with Gasteiger partial charge in [0, 0.05) is 28.7 Å². The second-order valence-electron chi connectivity index (χ2n) is 9.11. The van der Waals surface area contributed by atoms with E-state index in [0.29, 0.717) is 28.5 Å². The molecule has 1 aromatic heterocycles. The van der Waals surface area contributed by atoms with Crippen LogP contribution in [0.2, 0.25) is 5.02 Å². The molecule has 4 rings (SSSR count). The Kier molecular flexibility index (Phi) is 8.64. The van der Waals surface area contributed by atoms with Gasteiger partial charge in [0.25, 0.3) is 0 Å². The minimum atomic E-state index is 0.0329. The van der Waals surface area contributed by atoms with Gasteiger partial charge in [-0.25, -0.2) is 4.99 Å². The van der Waals surface area contributed by atoms with Crippen LogP contribution in [0.25, 0.3) is 10.9 Å². The molecule has 3 aromatic carbocycles. The number of aromatic nitrogens is 1. The smallest absolute Gasteiger partial charge is 0.240 e. The molecule has 7 heteroatoms. The Morgan fingerprint density at radius 1 is 0.973 bits per heavy atom. The SMILES string of the molecule is CCCN(CCC)CC(=O)N(C)c1ccc(N=C(c2ccccc2)c2c(O)[nH]c3cc(Cl)ccc23)cc1. The quantitative estimate of drug-likeness (QED) is 0.228. The molecule has 6 nitrogen and oxygen atoms in total. The van der Waals surface area contributed by atoms with Gasteiger partial charge in [-0.05, 0) is 62.3 Å². The molecule has 0 radical (unpaired) electrons. The van der Waals surface area contributed by atoms with E-state index >= 15 is 0 Å². The molecule has 0 aliphatic heterocycles. The van der Waals surface area contributed by atoms with Crippen molar-refractivity contribution in [3.05, 3.63) is 88.9 Å². The van der Waals surface area contributed by atoms with Crippen molar-refractivity contribution in [1.82, 2.24) is 9.88 Å². The Bertz CT molecular complexity index is 1370. The lowest BCUT2D eigenvalue weighted by atomic mass is 10.0. The predicted octanol–water partition coefficient (Wildman–Crippen LogP) is 6.78. The zero-order chi connectivity index (χ0) is 26.4. The maximum atomic E-state index is 12.9. The summed E-state index contributed by atoms with van der Waals surface area (Å²) in [6.07, 6.45) is 2.04. The molecular formula is C30H33ClN4O2. The number of aliphatic imine (C=N–C) groups is 1. The summed E-state index contributed by atoms with van der Waals surface area (Å²) in [5, 5.41) is 12.2. The summed E-state index contributed by atoms with van der Waals surface area (Å²) in [5.41, 5.74) is 4.38. The normalized spacial score (nSPS) is 11.9. The number of halogens is 1. The third-order valence-electron chi connectivity index (χ3n) is 6.32. The highest BCUT2D eigenvalue weighted by molar-refractivity contribution is 6.31. The number of benzene rings is 3. The van der Waals surface area contributed by atoms with Crippen LogP contribution >= 0.6 is 11.6 Å². The van der Waals surface area contributed by atoms with Gasteiger partial charge >= 0.3 is 0 Å². The fraction of sp³-hybridized carbons (Fsp3) is 0.267. The Labute approximate surface area is 223 Å². The highest BCUT2D eigenvalue weighted by atomic mass is 35.5. The van der Waals surface area contributed by atoms with E-state index in [1.807, 2.05) is 60.7 Å². The van der Waals surface area contributed by atoms with Crippen LogP contribution in [0.15, 0.2) is 77.8 Å². The predicted molar refractivity (Wildman–Crippen MR) is 154 cm³/mol. The lowest BCUT2D eigenvalue weighted by Gasteiger charge is -2.24. The first kappa shape index (κ1) is 26.5. The van der Waals surface area contributed by atoms with Crippen molar-refractivity contribution < 1.29 is 9.90 Å². The van der Waals surface area contributed by atoms with Crippen molar-refractivity contribution in [3.8, 4) is 5.88 Å². The molecule has 0 spiro atoms. The fourth-order valence-electron chi connectivity index (χ4n) is 4.48. The van der Waals surface area contributed by atoms with Crippen molar-refractivity contribution in [2.24, 2.45) is 4.99 Å². The number of aromatic hydroxyl groups is 1. The van der Waals surface area contributed by atoms with Crippen molar-refractivity contribution in [2.45, 2.75) is 26.7 Å². The third-order valence-corrected chi connectivity index (χ3v) is 6.55. The van der Waals surface area contributed by atoms with E-state index in [2.05, 4.69) is 23.7 Å². The van der Waals surface area contributed by atoms with E-state index in [-0.39, 0.29) is 11.8 Å². The number of carbonyl (C=O) groups is 1. The van der Waals surface area contributed by atoms with Crippen molar-refractivity contribution in [1.29, 1.82) is 0 Å². The Morgan fingerprint density at radius 2 is 1.65 bits per heavy atom. The first-order chi connectivity index (χ1) is 17.9. The summed E-state index contributed by atoms with van der Waals surface area (Å²) in [6.45, 7) is 6.49. The number of carbonyl (C=O) groups excluding carboxylic acids is 1. The summed E-state index contributed by atoms with van der Waals surface area (Å²) in [4.78, 5) is 24.8. The molecule has 1 heterocycles. The van der Waals surface area contributed by atoms with E-state index < -0.39 is 0 Å². The molecule has 0 atom stereocenters. The lowest BCUT2D eigenvalue weighted by molar-refractivity contribution is -0.119. The number of aromatic amines is 1. The number of nitrogens with one attached hydrogen (secondary N) is 1. The van der Waals surface area contributed by atoms with Crippen LogP contribution in [0.4, 0.5) is 11.4 Å². The van der Waals surface area contributed by atoms with Gasteiger partial charge in [0.15, 0.2) is 5.88 Å². The van der Waals surface area contributed by atoms with Crippen molar-refractivity contribution >= 4 is 45.5 Å². The maximum Gasteiger partial charge on any atom is 0.240 e. The zero-order valence-electron chi connectivity index (χ0n) is 21.5. The average Bonchev–Trinajstić information content (AvgIpc) is 3.22. The Hall–Kier alpha value is -3.61. The monoisotopic (exact) mass is 516 g/mol. The summed E-state index contributed by atoms with van der Waals surface area (Å²) < 4.78 is 0. The Balaban J connectivity index is 1.66. The number of likely N-dealkylation sites (N-methyl/N-ethyl adjacent to an activating group) is 1. The summed E-state index contributed by atoms with van der Waals surface area (Å²) in [7, 11) is 1.81. The molecule has 0 saturated carbocycles. The molecule has 0 aliphatic carbocycles. The van der Waals surface area contributed by atoms with Crippen LogP contribution in [0, 0.1) is 0 Å². The van der Waals surface area contributed by atoms with E-state index in [1.54, 1.807) is 24.1 Å². The molecule has 2 N–H and O–H groups in total. The van der Waals surface area contributed by atoms with Gasteiger partial charge < -0.3 is 15.0 Å². The number of hydrogen-bond donors (Lipinski definition) is 2. The highest BCUT2D eigenvalue weighted by Gasteiger charge is 2.19. The lowest BCUT2D eigenvalue weighted by Crippen LogP contribution is -2.39. The molecule has 1 amide bonds. The average molecular weight is 517 g/mol. The van der Waals surface area contributed by atoms with Gasteiger partial charge in [0.1, 0.15) is 0 Å². The first-order valence-corrected chi connectivity index (χ1v) is 13.0. The van der Waals surface area contributed by atoms with Crippen LogP contribution < -0.4 is 4.90 Å². The van der Waals surface area contributed by atoms with E-state index in [9.17, 15) is 9.90 Å². The largest absolute Gasteiger partial charge is 0.494 e. The second kappa shape index (κ2) is 12.1. The molecule has 4 aromatic rings. The number of anilines is 1. The fourth-order valence-corrected chi connectivity index (χ4v) is 4.65. The number of hydrogen-bond acceptors (Lipinski definition) is 4. The summed E-state index contributed by atoms with van der Waals surface area (Å²) in [6, 6.07) is 22.8. The highest BCUT2D eigenvalue weighted by Crippen LogP contribution is 2.33. The van der Waals surface area contributed by atoms with E-state index in [4.69, 9.17) is 16.6 Å². The topological polar surface area (TPSA) is 71.9 Å². The summed E-state index contributed by atoms with van der Waals surface area (Å²) in [5.74, 6) is 0.0936. The standard InChI is InChI=1S/C30H33ClN4O2/c1-4-17-35(18-5-2)20-27(36)34(3)24-14-12-23(13-15-24)32-29(21-9-7-6-8-10-21)28-25-16-11-22(31)19-26(25)33-30(28)37/h6-16,19,33,37H,4-5,17-18,20H2,1-3H3. The van der Waals surface area contributed by atoms with Gasteiger partial charge in [0.05, 0.1) is 29.0 Å². The van der Waals surface area contributed by atoms with Gasteiger partial charge in [-0.1, -0.05) is 61.8 Å². The number of rotatable bonds is 10. The zero-order valence-corrected chi connectivity index (χ0v) is 22.3. The minimum Gasteiger partial charge on any atom is -0.494 e. The second-order valence-corrected chi connectivity index (χ2v) is 9.55. The minimum absolute atomic E-state index is 0.0329. The molecule has 0 aliphatic rings. The van der Waals surface area contributed by atoms with Crippen LogP contribution in [0.3, 0.4) is 0 Å². The molecule has 37 heavy (non-hydrogen) atoms. The molecule has 0 unspecified atom stereocenters. The maximum absolute atomic E-state index is 12.9. The van der Waals surface area contributed by atoms with Gasteiger partial charge in [-0.3, -0.25) is 9.69 Å². The van der Waals surface area contributed by atoms with E-state index in [0.717, 1.165) is 48.1 Å². The van der Waals surface area contributed by atoms with Crippen molar-refractivity contribution in [2.75, 3.05) is 31.6 Å². The van der Waals surface area contributed by atoms with Gasteiger partial charge in [-0.2, -0.15) is 0 Å². The molecule has 0 fully saturated rings. The number of H-pyrrole nitrogens is 1. The number of fused-ring (bicyclic) bond motifs is 1. The van der Waals surface area contributed by atoms with Crippen LogP contribution in [0.1, 0.15) is 37.8 Å². The number of nitrogens with zero attached hydrogens (tertiary/aromatic N) is 3. The third kappa shape index (κ3) is 6.21. The number of amides is 1. The van der Waals surface area contributed by atoms with Crippen LogP contribution in [0.5, 0.6) is 5.88 Å². The van der Waals surface area contributed by atoms with Crippen molar-refractivity contribution in [3.63, 3.8) is 0 Å². The molecule has 0 bridgehead atoms. The first-order valence-electron chi connectivity index (χ1n) is 12.6. The molecule has 192 valence electrons. The Morgan fingerprint density at radius 3 is 2.30 bits per heavy atom. The van der Waals surface area contributed by atoms with Crippen LogP contribution in [-0.2, 0) is 4.79 Å². The summed E-state index contributed by atoms with van der Waals surface area (Å²) >= 11 is 6.17.